The van der Waals surface area contributed by atoms with Gasteiger partial charge in [0, 0.05) is 25.0 Å². The van der Waals surface area contributed by atoms with Crippen LogP contribution in [0.4, 0.5) is 0 Å². The second-order valence-corrected chi connectivity index (χ2v) is 3.73. The third-order valence-electron chi connectivity index (χ3n) is 2.20. The van der Waals surface area contributed by atoms with Crippen molar-refractivity contribution in [2.24, 2.45) is 5.92 Å². The lowest BCUT2D eigenvalue weighted by molar-refractivity contribution is -0.146. The predicted molar refractivity (Wildman–Crippen MR) is 56.6 cm³/mol. The van der Waals surface area contributed by atoms with Gasteiger partial charge in [-0.15, -0.1) is 0 Å². The van der Waals surface area contributed by atoms with Crippen LogP contribution < -0.4 is 5.32 Å². The summed E-state index contributed by atoms with van der Waals surface area (Å²) in [6.45, 7) is 3.74. The molecule has 2 N–H and O–H groups in total. The van der Waals surface area contributed by atoms with E-state index < -0.39 is 17.8 Å². The third-order valence-corrected chi connectivity index (χ3v) is 2.20. The first-order chi connectivity index (χ1) is 7.50. The van der Waals surface area contributed by atoms with Crippen molar-refractivity contribution in [1.82, 2.24) is 14.9 Å². The van der Waals surface area contributed by atoms with E-state index in [9.17, 15) is 9.59 Å². The Kier molecular flexibility index (Phi) is 4.04. The fourth-order valence-corrected chi connectivity index (χ4v) is 1.24. The summed E-state index contributed by atoms with van der Waals surface area (Å²) in [5, 5.41) is 11.3. The Morgan fingerprint density at radius 1 is 1.50 bits per heavy atom. The molecule has 88 valence electrons. The molecule has 1 aromatic rings. The first kappa shape index (κ1) is 12.2. The molecule has 0 aromatic carbocycles. The lowest BCUT2D eigenvalue weighted by atomic mass is 10.1. The van der Waals surface area contributed by atoms with Crippen LogP contribution in [0, 0.1) is 5.92 Å². The van der Waals surface area contributed by atoms with Gasteiger partial charge in [-0.2, -0.15) is 0 Å². The number of aliphatic carboxylic acids is 1. The third kappa shape index (κ3) is 3.38. The second kappa shape index (κ2) is 5.29. The molecular formula is C10H15N3O3. The van der Waals surface area contributed by atoms with Crippen LogP contribution in [0.25, 0.3) is 0 Å². The minimum atomic E-state index is -1.12. The molecule has 0 aliphatic rings. The van der Waals surface area contributed by atoms with E-state index in [-0.39, 0.29) is 6.04 Å². The van der Waals surface area contributed by atoms with Crippen LogP contribution in [0.5, 0.6) is 0 Å². The zero-order valence-electron chi connectivity index (χ0n) is 9.25. The summed E-state index contributed by atoms with van der Waals surface area (Å²) in [4.78, 5) is 25.8. The van der Waals surface area contributed by atoms with Crippen LogP contribution >= 0.6 is 0 Å². The summed E-state index contributed by atoms with van der Waals surface area (Å²) in [5.41, 5.74) is 0. The van der Waals surface area contributed by atoms with Crippen molar-refractivity contribution in [3.63, 3.8) is 0 Å². The highest BCUT2D eigenvalue weighted by Crippen LogP contribution is 1.97. The molecule has 0 aliphatic heterocycles. The van der Waals surface area contributed by atoms with Crippen LogP contribution in [0.1, 0.15) is 13.8 Å². The van der Waals surface area contributed by atoms with Gasteiger partial charge in [-0.1, -0.05) is 0 Å². The van der Waals surface area contributed by atoms with Crippen LogP contribution in [0.2, 0.25) is 0 Å². The van der Waals surface area contributed by atoms with E-state index in [0.29, 0.717) is 6.54 Å². The number of carbonyl (C=O) groups is 2. The maximum Gasteiger partial charge on any atom is 0.315 e. The number of amides is 1. The molecule has 0 aliphatic carbocycles. The van der Waals surface area contributed by atoms with Crippen molar-refractivity contribution >= 4 is 11.9 Å². The van der Waals surface area contributed by atoms with Crippen LogP contribution in [0.3, 0.4) is 0 Å². The molecule has 0 saturated carbocycles. The average molecular weight is 225 g/mol. The number of carboxylic acid groups (broad SMARTS) is 1. The van der Waals surface area contributed by atoms with E-state index in [2.05, 4.69) is 10.3 Å². The van der Waals surface area contributed by atoms with Gasteiger partial charge in [0.05, 0.1) is 6.33 Å². The van der Waals surface area contributed by atoms with Crippen LogP contribution in [0.15, 0.2) is 18.7 Å². The van der Waals surface area contributed by atoms with E-state index in [0.717, 1.165) is 0 Å². The molecular weight excluding hydrogens is 210 g/mol. The van der Waals surface area contributed by atoms with Gasteiger partial charge in [0.2, 0.25) is 5.91 Å². The molecule has 2 atom stereocenters. The van der Waals surface area contributed by atoms with Gasteiger partial charge in [-0.05, 0) is 13.8 Å². The Bertz CT molecular complexity index is 361. The summed E-state index contributed by atoms with van der Waals surface area (Å²) < 4.78 is 1.82. The normalized spacial score (nSPS) is 14.1. The Labute approximate surface area is 93.3 Å². The van der Waals surface area contributed by atoms with Crippen molar-refractivity contribution in [3.05, 3.63) is 18.7 Å². The fraction of sp³-hybridized carbons (Fsp3) is 0.500. The molecule has 2 unspecified atom stereocenters. The van der Waals surface area contributed by atoms with Crippen molar-refractivity contribution in [2.45, 2.75) is 26.4 Å². The highest BCUT2D eigenvalue weighted by atomic mass is 16.4. The van der Waals surface area contributed by atoms with Crippen LogP contribution in [-0.4, -0.2) is 32.6 Å². The van der Waals surface area contributed by atoms with E-state index >= 15 is 0 Å². The molecule has 6 nitrogen and oxygen atoms in total. The molecule has 1 amide bonds. The van der Waals surface area contributed by atoms with Gasteiger partial charge in [0.1, 0.15) is 5.92 Å². The number of hydrogen-bond acceptors (Lipinski definition) is 3. The number of carbonyl (C=O) groups excluding carboxylic acids is 1. The first-order valence-electron chi connectivity index (χ1n) is 4.99. The monoisotopic (exact) mass is 225 g/mol. The Balaban J connectivity index is 2.42. The molecule has 1 heterocycles. The largest absolute Gasteiger partial charge is 0.481 e. The first-order valence-corrected chi connectivity index (χ1v) is 4.99. The van der Waals surface area contributed by atoms with E-state index in [1.807, 2.05) is 11.5 Å². The number of nitrogens with zero attached hydrogens (tertiary/aromatic N) is 2. The van der Waals surface area contributed by atoms with Gasteiger partial charge in [-0.3, -0.25) is 9.59 Å². The van der Waals surface area contributed by atoms with Crippen molar-refractivity contribution in [3.8, 4) is 0 Å². The number of carboxylic acids is 1. The number of aromatic nitrogens is 2. The maximum atomic E-state index is 11.4. The molecule has 16 heavy (non-hydrogen) atoms. The molecule has 0 spiro atoms. The topological polar surface area (TPSA) is 84.2 Å². The van der Waals surface area contributed by atoms with Gasteiger partial charge in [0.15, 0.2) is 0 Å². The predicted octanol–water partition coefficient (Wildman–Crippen LogP) is 0.108. The van der Waals surface area contributed by atoms with E-state index in [1.165, 1.54) is 6.92 Å². The summed E-state index contributed by atoms with van der Waals surface area (Å²) in [5.74, 6) is -2.61. The number of imidazole rings is 1. The Morgan fingerprint density at radius 3 is 2.69 bits per heavy atom. The lowest BCUT2D eigenvalue weighted by Crippen LogP contribution is -2.40. The quantitative estimate of drug-likeness (QED) is 0.696. The molecule has 0 fully saturated rings. The van der Waals surface area contributed by atoms with Crippen molar-refractivity contribution in [1.29, 1.82) is 0 Å². The van der Waals surface area contributed by atoms with Crippen molar-refractivity contribution < 1.29 is 14.7 Å². The number of hydrogen-bond donors (Lipinski definition) is 2. The zero-order chi connectivity index (χ0) is 12.1. The lowest BCUT2D eigenvalue weighted by Gasteiger charge is -2.15. The van der Waals surface area contributed by atoms with Crippen molar-refractivity contribution in [2.75, 3.05) is 0 Å². The van der Waals surface area contributed by atoms with Gasteiger partial charge < -0.3 is 15.0 Å². The summed E-state index contributed by atoms with van der Waals surface area (Å²) in [6.07, 6.45) is 5.07. The van der Waals surface area contributed by atoms with Crippen LogP contribution in [-0.2, 0) is 16.1 Å². The summed E-state index contributed by atoms with van der Waals surface area (Å²) in [6, 6.07) is -0.136. The molecule has 1 aromatic heterocycles. The Hall–Kier alpha value is -1.85. The summed E-state index contributed by atoms with van der Waals surface area (Å²) in [7, 11) is 0. The molecule has 1 rings (SSSR count). The van der Waals surface area contributed by atoms with Gasteiger partial charge in [-0.25, -0.2) is 4.98 Å². The molecule has 0 bridgehead atoms. The maximum absolute atomic E-state index is 11.4. The summed E-state index contributed by atoms with van der Waals surface area (Å²) >= 11 is 0. The van der Waals surface area contributed by atoms with Gasteiger partial charge >= 0.3 is 5.97 Å². The van der Waals surface area contributed by atoms with E-state index in [4.69, 9.17) is 5.11 Å². The zero-order valence-corrected chi connectivity index (χ0v) is 9.25. The number of nitrogens with one attached hydrogen (secondary N) is 1. The molecule has 6 heteroatoms. The number of rotatable bonds is 5. The SMILES string of the molecule is CC(Cn1ccnc1)NC(=O)C(C)C(=O)O. The minimum absolute atomic E-state index is 0.136. The molecule has 0 radical (unpaired) electrons. The standard InChI is InChI=1S/C10H15N3O3/c1-7(5-13-4-3-11-6-13)12-9(14)8(2)10(15)16/h3-4,6-8H,5H2,1-2H3,(H,12,14)(H,15,16). The smallest absolute Gasteiger partial charge is 0.315 e. The molecule has 0 saturated heterocycles. The highest BCUT2D eigenvalue weighted by molar-refractivity contribution is 5.96. The Morgan fingerprint density at radius 2 is 2.19 bits per heavy atom. The van der Waals surface area contributed by atoms with Gasteiger partial charge in [0.25, 0.3) is 0 Å². The average Bonchev–Trinajstić information content (AvgIpc) is 2.68. The minimum Gasteiger partial charge on any atom is -0.481 e. The highest BCUT2D eigenvalue weighted by Gasteiger charge is 2.21. The second-order valence-electron chi connectivity index (χ2n) is 3.73. The van der Waals surface area contributed by atoms with E-state index in [1.54, 1.807) is 18.7 Å². The fourth-order valence-electron chi connectivity index (χ4n) is 1.24.